The topological polar surface area (TPSA) is 43.8 Å². The summed E-state index contributed by atoms with van der Waals surface area (Å²) in [4.78, 5) is 13.5. The second kappa shape index (κ2) is 2.98. The number of amides is 2. The van der Waals surface area contributed by atoms with Crippen LogP contribution in [-0.2, 0) is 13.0 Å². The molecule has 84 valence electrons. The molecule has 1 atom stereocenters. The Bertz CT molecular complexity index is 460. The summed E-state index contributed by atoms with van der Waals surface area (Å²) in [5, 5.41) is 10.3. The molecule has 3 rings (SSSR count). The molecule has 0 aromatic heterocycles. The van der Waals surface area contributed by atoms with Gasteiger partial charge >= 0.3 is 6.03 Å². The van der Waals surface area contributed by atoms with E-state index >= 15 is 0 Å². The van der Waals surface area contributed by atoms with Gasteiger partial charge in [-0.1, -0.05) is 24.3 Å². The summed E-state index contributed by atoms with van der Waals surface area (Å²) in [6.07, 6.45) is 0.811. The van der Waals surface area contributed by atoms with Gasteiger partial charge in [-0.3, -0.25) is 5.21 Å². The Morgan fingerprint density at radius 3 is 2.75 bits per heavy atom. The minimum atomic E-state index is -0.281. The molecule has 0 spiro atoms. The maximum Gasteiger partial charge on any atom is 0.344 e. The Morgan fingerprint density at radius 2 is 2.00 bits per heavy atom. The molecule has 0 radical (unpaired) electrons. The molecule has 4 heteroatoms. The Morgan fingerprint density at radius 1 is 1.31 bits per heavy atom. The van der Waals surface area contributed by atoms with E-state index in [0.29, 0.717) is 13.1 Å². The fourth-order valence-electron chi connectivity index (χ4n) is 2.72. The number of fused-ring (bicyclic) bond motifs is 2. The second-order valence-corrected chi connectivity index (χ2v) is 4.87. The van der Waals surface area contributed by atoms with Gasteiger partial charge in [-0.25, -0.2) is 9.86 Å². The SMILES string of the molecule is CC12Cc3ccccc3CN1C(=O)N(O)C2. The zero-order chi connectivity index (χ0) is 11.3. The highest BCUT2D eigenvalue weighted by molar-refractivity contribution is 5.77. The molecule has 1 saturated heterocycles. The van der Waals surface area contributed by atoms with Crippen LogP contribution in [0.25, 0.3) is 0 Å². The van der Waals surface area contributed by atoms with Gasteiger partial charge in [0.05, 0.1) is 12.1 Å². The molecule has 0 bridgehead atoms. The lowest BCUT2D eigenvalue weighted by Crippen LogP contribution is -2.48. The molecule has 1 aromatic rings. The lowest BCUT2D eigenvalue weighted by Gasteiger charge is -2.38. The number of urea groups is 1. The van der Waals surface area contributed by atoms with Crippen molar-refractivity contribution in [2.24, 2.45) is 0 Å². The van der Waals surface area contributed by atoms with Crippen molar-refractivity contribution in [3.8, 4) is 0 Å². The van der Waals surface area contributed by atoms with Crippen molar-refractivity contribution < 1.29 is 10.0 Å². The van der Waals surface area contributed by atoms with Gasteiger partial charge in [-0.15, -0.1) is 0 Å². The van der Waals surface area contributed by atoms with Crippen molar-refractivity contribution in [1.82, 2.24) is 9.96 Å². The molecule has 1 aromatic carbocycles. The highest BCUT2D eigenvalue weighted by atomic mass is 16.5. The van der Waals surface area contributed by atoms with Crippen LogP contribution >= 0.6 is 0 Å². The van der Waals surface area contributed by atoms with Gasteiger partial charge in [0, 0.05) is 6.54 Å². The van der Waals surface area contributed by atoms with Gasteiger partial charge in [0.2, 0.25) is 0 Å². The third-order valence-electron chi connectivity index (χ3n) is 3.61. The normalized spacial score (nSPS) is 28.0. The van der Waals surface area contributed by atoms with Gasteiger partial charge in [-0.05, 0) is 24.5 Å². The fourth-order valence-corrected chi connectivity index (χ4v) is 2.72. The van der Waals surface area contributed by atoms with E-state index < -0.39 is 0 Å². The van der Waals surface area contributed by atoms with Crippen LogP contribution in [-0.4, -0.2) is 33.3 Å². The van der Waals surface area contributed by atoms with Crippen molar-refractivity contribution in [3.63, 3.8) is 0 Å². The lowest BCUT2D eigenvalue weighted by molar-refractivity contribution is -0.0316. The van der Waals surface area contributed by atoms with E-state index in [-0.39, 0.29) is 11.6 Å². The number of hydroxylamine groups is 2. The first kappa shape index (κ1) is 9.66. The highest BCUT2D eigenvalue weighted by Crippen LogP contribution is 2.35. The minimum Gasteiger partial charge on any atom is -0.311 e. The molecule has 1 N–H and O–H groups in total. The molecule has 1 unspecified atom stereocenters. The maximum absolute atomic E-state index is 11.8. The Hall–Kier alpha value is -1.55. The first-order valence-corrected chi connectivity index (χ1v) is 5.45. The Kier molecular flexibility index (Phi) is 1.80. The van der Waals surface area contributed by atoms with E-state index in [2.05, 4.69) is 6.07 Å². The van der Waals surface area contributed by atoms with Crippen molar-refractivity contribution in [3.05, 3.63) is 35.4 Å². The smallest absolute Gasteiger partial charge is 0.311 e. The summed E-state index contributed by atoms with van der Waals surface area (Å²) in [6, 6.07) is 7.87. The fraction of sp³-hybridized carbons (Fsp3) is 0.417. The molecule has 2 aliphatic heterocycles. The van der Waals surface area contributed by atoms with Crippen LogP contribution in [0.3, 0.4) is 0 Å². The predicted molar refractivity (Wildman–Crippen MR) is 58.0 cm³/mol. The van der Waals surface area contributed by atoms with Crippen molar-refractivity contribution >= 4 is 6.03 Å². The summed E-state index contributed by atoms with van der Waals surface area (Å²) < 4.78 is 0. The number of nitrogens with zero attached hydrogens (tertiary/aromatic N) is 2. The molecule has 0 saturated carbocycles. The predicted octanol–water partition coefficient (Wildman–Crippen LogP) is 1.63. The van der Waals surface area contributed by atoms with Crippen LogP contribution in [0.1, 0.15) is 18.1 Å². The molecule has 2 amide bonds. The number of hydrogen-bond donors (Lipinski definition) is 1. The largest absolute Gasteiger partial charge is 0.344 e. The van der Waals surface area contributed by atoms with Gasteiger partial charge < -0.3 is 4.90 Å². The van der Waals surface area contributed by atoms with Gasteiger partial charge in [0.1, 0.15) is 0 Å². The molecule has 2 heterocycles. The van der Waals surface area contributed by atoms with Crippen molar-refractivity contribution in [1.29, 1.82) is 0 Å². The van der Waals surface area contributed by atoms with E-state index in [9.17, 15) is 10.0 Å². The summed E-state index contributed by atoms with van der Waals surface area (Å²) in [7, 11) is 0. The minimum absolute atomic E-state index is 0.264. The molecule has 2 aliphatic rings. The zero-order valence-electron chi connectivity index (χ0n) is 9.18. The molecule has 4 nitrogen and oxygen atoms in total. The standard InChI is InChI=1S/C12H14N2O2/c1-12-6-9-4-2-3-5-10(9)7-13(12)11(15)14(16)8-12/h2-5,16H,6-8H2,1H3. The second-order valence-electron chi connectivity index (χ2n) is 4.87. The number of hydrogen-bond acceptors (Lipinski definition) is 2. The van der Waals surface area contributed by atoms with Crippen LogP contribution in [0.2, 0.25) is 0 Å². The third kappa shape index (κ3) is 1.16. The van der Waals surface area contributed by atoms with E-state index in [1.165, 1.54) is 11.1 Å². The summed E-state index contributed by atoms with van der Waals surface area (Å²) in [5.74, 6) is 0. The quantitative estimate of drug-likeness (QED) is 0.672. The van der Waals surface area contributed by atoms with E-state index in [4.69, 9.17) is 0 Å². The summed E-state index contributed by atoms with van der Waals surface area (Å²) in [5.41, 5.74) is 2.20. The van der Waals surface area contributed by atoms with Crippen LogP contribution in [0.4, 0.5) is 4.79 Å². The third-order valence-corrected chi connectivity index (χ3v) is 3.61. The van der Waals surface area contributed by atoms with Crippen LogP contribution in [0.15, 0.2) is 24.3 Å². The average molecular weight is 218 g/mol. The number of carbonyl (C=O) groups excluding carboxylic acids is 1. The van der Waals surface area contributed by atoms with Gasteiger partial charge in [0.15, 0.2) is 0 Å². The van der Waals surface area contributed by atoms with E-state index in [1.807, 2.05) is 25.1 Å². The monoisotopic (exact) mass is 218 g/mol. The van der Waals surface area contributed by atoms with E-state index in [0.717, 1.165) is 11.5 Å². The van der Waals surface area contributed by atoms with Crippen LogP contribution < -0.4 is 0 Å². The molecular formula is C12H14N2O2. The molecule has 1 fully saturated rings. The van der Waals surface area contributed by atoms with Crippen LogP contribution in [0.5, 0.6) is 0 Å². The van der Waals surface area contributed by atoms with E-state index in [1.54, 1.807) is 4.90 Å². The lowest BCUT2D eigenvalue weighted by atomic mass is 9.85. The zero-order valence-corrected chi connectivity index (χ0v) is 9.18. The Labute approximate surface area is 94.0 Å². The molecule has 16 heavy (non-hydrogen) atoms. The van der Waals surface area contributed by atoms with Gasteiger partial charge in [0.25, 0.3) is 0 Å². The number of rotatable bonds is 0. The first-order chi connectivity index (χ1) is 7.60. The van der Waals surface area contributed by atoms with Crippen molar-refractivity contribution in [2.75, 3.05) is 6.54 Å². The van der Waals surface area contributed by atoms with Gasteiger partial charge in [-0.2, -0.15) is 0 Å². The first-order valence-electron chi connectivity index (χ1n) is 5.45. The molecular weight excluding hydrogens is 204 g/mol. The van der Waals surface area contributed by atoms with Crippen molar-refractivity contribution in [2.45, 2.75) is 25.4 Å². The van der Waals surface area contributed by atoms with Crippen LogP contribution in [0, 0.1) is 0 Å². The number of benzene rings is 1. The summed E-state index contributed by atoms with van der Waals surface area (Å²) in [6.45, 7) is 3.01. The highest BCUT2D eigenvalue weighted by Gasteiger charge is 2.48. The maximum atomic E-state index is 11.8. The summed E-state index contributed by atoms with van der Waals surface area (Å²) >= 11 is 0. The molecule has 0 aliphatic carbocycles. The Balaban J connectivity index is 2.04. The average Bonchev–Trinajstić information content (AvgIpc) is 2.47. The number of carbonyl (C=O) groups is 1.